The number of rotatable bonds is 4. The molecule has 0 fully saturated rings. The third-order valence-corrected chi connectivity index (χ3v) is 2.50. The van der Waals surface area contributed by atoms with Gasteiger partial charge in [0.05, 0.1) is 22.9 Å². The molecule has 1 nitrogen and oxygen atoms in total. The van der Waals surface area contributed by atoms with Gasteiger partial charge in [-0.3, -0.25) is 0 Å². The van der Waals surface area contributed by atoms with Crippen molar-refractivity contribution in [1.82, 2.24) is 0 Å². The molecular weight excluding hydrogens is 261 g/mol. The fourth-order valence-electron chi connectivity index (χ4n) is 1.12. The first-order chi connectivity index (χ1) is 5.86. The highest BCUT2D eigenvalue weighted by Gasteiger charge is 1.92. The van der Waals surface area contributed by atoms with Crippen LogP contribution in [0.25, 0.3) is 0 Å². The molecule has 0 radical (unpaired) electrons. The fourth-order valence-corrected chi connectivity index (χ4v) is 1.47. The number of nitrogens with one attached hydrogen (secondary N) is 1. The number of hydrogen-bond acceptors (Lipinski definition) is 1. The van der Waals surface area contributed by atoms with Gasteiger partial charge in [0.1, 0.15) is 0 Å². The Morgan fingerprint density at radius 1 is 1.25 bits per heavy atom. The molecule has 0 saturated heterocycles. The molecule has 0 bridgehead atoms. The van der Waals surface area contributed by atoms with Crippen LogP contribution in [0.15, 0.2) is 24.3 Å². The van der Waals surface area contributed by atoms with Crippen LogP contribution in [-0.4, -0.2) is 0 Å². The third-order valence-electron chi connectivity index (χ3n) is 1.88. The molecule has 0 aliphatic heterocycles. The summed E-state index contributed by atoms with van der Waals surface area (Å²) >= 11 is 2.14. The highest BCUT2D eigenvalue weighted by molar-refractivity contribution is 14.1. The summed E-state index contributed by atoms with van der Waals surface area (Å²) in [7, 11) is 0. The van der Waals surface area contributed by atoms with Gasteiger partial charge in [-0.25, -0.2) is 0 Å². The Labute approximate surface area is 88.1 Å². The second-order valence-electron chi connectivity index (χ2n) is 2.89. The van der Waals surface area contributed by atoms with Gasteiger partial charge in [0, 0.05) is 5.69 Å². The van der Waals surface area contributed by atoms with Crippen LogP contribution < -0.4 is 3.53 Å². The lowest BCUT2D eigenvalue weighted by molar-refractivity contribution is 0.795. The summed E-state index contributed by atoms with van der Waals surface area (Å²) in [4.78, 5) is 0. The summed E-state index contributed by atoms with van der Waals surface area (Å²) in [5.41, 5.74) is 2.61. The molecule has 0 unspecified atom stereocenters. The first-order valence-corrected chi connectivity index (χ1v) is 5.40. The average Bonchev–Trinajstić information content (AvgIpc) is 2.15. The largest absolute Gasteiger partial charge is 0.328 e. The van der Waals surface area contributed by atoms with E-state index in [4.69, 9.17) is 0 Å². The molecule has 0 aliphatic rings. The van der Waals surface area contributed by atoms with Crippen LogP contribution in [0.1, 0.15) is 25.3 Å². The Bertz CT molecular complexity index is 218. The molecule has 1 aromatic rings. The van der Waals surface area contributed by atoms with Crippen molar-refractivity contribution in [2.75, 3.05) is 3.53 Å². The molecule has 2 heteroatoms. The number of unbranched alkanes of at least 4 members (excludes halogenated alkanes) is 1. The van der Waals surface area contributed by atoms with Crippen LogP contribution in [0.5, 0.6) is 0 Å². The summed E-state index contributed by atoms with van der Waals surface area (Å²) in [6.45, 7) is 2.22. The van der Waals surface area contributed by atoms with Gasteiger partial charge < -0.3 is 3.53 Å². The van der Waals surface area contributed by atoms with E-state index in [0.717, 1.165) is 0 Å². The lowest BCUT2D eigenvalue weighted by Gasteiger charge is -2.01. The van der Waals surface area contributed by atoms with Crippen molar-refractivity contribution < 1.29 is 0 Å². The number of halogens is 1. The number of hydrogen-bond donors (Lipinski definition) is 1. The predicted octanol–water partition coefficient (Wildman–Crippen LogP) is 3.79. The van der Waals surface area contributed by atoms with E-state index in [9.17, 15) is 0 Å². The third kappa shape index (κ3) is 3.01. The van der Waals surface area contributed by atoms with E-state index in [1.54, 1.807) is 0 Å². The van der Waals surface area contributed by atoms with E-state index in [1.807, 2.05) is 0 Å². The maximum atomic E-state index is 3.08. The minimum absolute atomic E-state index is 1.18. The van der Waals surface area contributed by atoms with E-state index in [1.165, 1.54) is 30.5 Å². The molecule has 0 heterocycles. The Balaban J connectivity index is 2.53. The monoisotopic (exact) mass is 275 g/mol. The molecule has 1 aromatic carbocycles. The van der Waals surface area contributed by atoms with Gasteiger partial charge in [-0.15, -0.1) is 0 Å². The Morgan fingerprint density at radius 2 is 1.92 bits per heavy atom. The quantitative estimate of drug-likeness (QED) is 0.651. The van der Waals surface area contributed by atoms with Gasteiger partial charge in [0.15, 0.2) is 0 Å². The molecule has 0 atom stereocenters. The number of anilines is 1. The van der Waals surface area contributed by atoms with Crippen molar-refractivity contribution in [3.05, 3.63) is 29.8 Å². The molecule has 0 aliphatic carbocycles. The maximum Gasteiger partial charge on any atom is 0.0560 e. The number of aryl methyl sites for hydroxylation is 1. The van der Waals surface area contributed by atoms with Crippen LogP contribution in [0.2, 0.25) is 0 Å². The van der Waals surface area contributed by atoms with E-state index in [-0.39, 0.29) is 0 Å². The molecule has 0 amide bonds. The van der Waals surface area contributed by atoms with E-state index >= 15 is 0 Å². The van der Waals surface area contributed by atoms with E-state index in [0.29, 0.717) is 0 Å². The first kappa shape index (κ1) is 9.84. The zero-order chi connectivity index (χ0) is 8.81. The van der Waals surface area contributed by atoms with Crippen molar-refractivity contribution >= 4 is 28.6 Å². The summed E-state index contributed by atoms with van der Waals surface area (Å²) in [5.74, 6) is 0. The fraction of sp³-hybridized carbons (Fsp3) is 0.400. The normalized spacial score (nSPS) is 9.83. The van der Waals surface area contributed by atoms with Gasteiger partial charge in [0.25, 0.3) is 0 Å². The van der Waals surface area contributed by atoms with E-state index in [2.05, 4.69) is 57.6 Å². The predicted molar refractivity (Wildman–Crippen MR) is 62.7 cm³/mol. The standard InChI is InChI=1S/C10H14IN/c1-2-3-4-9-5-7-10(12-11)8-6-9/h5-8,12H,2-4H2,1H3. The zero-order valence-corrected chi connectivity index (χ0v) is 9.47. The molecule has 0 aromatic heterocycles. The van der Waals surface area contributed by atoms with Crippen LogP contribution in [0.3, 0.4) is 0 Å². The lowest BCUT2D eigenvalue weighted by atomic mass is 10.1. The van der Waals surface area contributed by atoms with Gasteiger partial charge in [-0.1, -0.05) is 25.5 Å². The second-order valence-corrected chi connectivity index (χ2v) is 3.43. The summed E-state index contributed by atoms with van der Waals surface area (Å²) in [6, 6.07) is 8.63. The minimum Gasteiger partial charge on any atom is -0.328 e. The Morgan fingerprint density at radius 3 is 2.42 bits per heavy atom. The molecule has 66 valence electrons. The van der Waals surface area contributed by atoms with Crippen molar-refractivity contribution in [3.63, 3.8) is 0 Å². The van der Waals surface area contributed by atoms with Crippen LogP contribution in [0, 0.1) is 0 Å². The maximum absolute atomic E-state index is 3.08. The van der Waals surface area contributed by atoms with Crippen molar-refractivity contribution in [3.8, 4) is 0 Å². The van der Waals surface area contributed by atoms with Crippen LogP contribution in [-0.2, 0) is 6.42 Å². The van der Waals surface area contributed by atoms with Gasteiger partial charge in [-0.2, -0.15) is 0 Å². The molecule has 12 heavy (non-hydrogen) atoms. The molecule has 0 spiro atoms. The summed E-state index contributed by atoms with van der Waals surface area (Å²) < 4.78 is 3.08. The number of benzene rings is 1. The van der Waals surface area contributed by atoms with Gasteiger partial charge in [0.2, 0.25) is 0 Å². The SMILES string of the molecule is CCCCc1ccc(NI)cc1. The smallest absolute Gasteiger partial charge is 0.0560 e. The van der Waals surface area contributed by atoms with E-state index < -0.39 is 0 Å². The minimum atomic E-state index is 1.18. The van der Waals surface area contributed by atoms with Crippen LogP contribution in [0.4, 0.5) is 5.69 Å². The second kappa shape index (κ2) is 5.41. The highest BCUT2D eigenvalue weighted by Crippen LogP contribution is 2.12. The van der Waals surface area contributed by atoms with Gasteiger partial charge >= 0.3 is 0 Å². The lowest BCUT2D eigenvalue weighted by Crippen LogP contribution is -1.85. The highest BCUT2D eigenvalue weighted by atomic mass is 127. The Kier molecular flexibility index (Phi) is 4.43. The van der Waals surface area contributed by atoms with Gasteiger partial charge in [-0.05, 0) is 30.5 Å². The average molecular weight is 275 g/mol. The molecule has 1 N–H and O–H groups in total. The van der Waals surface area contributed by atoms with Crippen LogP contribution >= 0.6 is 22.9 Å². The first-order valence-electron chi connectivity index (χ1n) is 4.32. The Hall–Kier alpha value is -0.250. The molecule has 1 rings (SSSR count). The van der Waals surface area contributed by atoms with Crippen molar-refractivity contribution in [2.24, 2.45) is 0 Å². The van der Waals surface area contributed by atoms with Crippen molar-refractivity contribution in [2.45, 2.75) is 26.2 Å². The summed E-state index contributed by atoms with van der Waals surface area (Å²) in [5, 5.41) is 0. The summed E-state index contributed by atoms with van der Waals surface area (Å²) in [6.07, 6.45) is 3.77. The topological polar surface area (TPSA) is 12.0 Å². The van der Waals surface area contributed by atoms with Crippen molar-refractivity contribution in [1.29, 1.82) is 0 Å². The zero-order valence-electron chi connectivity index (χ0n) is 7.31. The molecule has 0 saturated carbocycles. The molecular formula is C10H14IN.